The van der Waals surface area contributed by atoms with E-state index < -0.39 is 0 Å². The number of rotatable bonds is 4. The molecule has 1 aromatic rings. The van der Waals surface area contributed by atoms with Crippen LogP contribution in [0.15, 0.2) is 19.0 Å². The zero-order chi connectivity index (χ0) is 9.68. The highest BCUT2D eigenvalue weighted by molar-refractivity contribution is 6.33. The maximum atomic E-state index is 5.77. The Labute approximate surface area is 81.4 Å². The number of aromatic nitrogens is 2. The van der Waals surface area contributed by atoms with E-state index in [1.54, 1.807) is 6.08 Å². The summed E-state index contributed by atoms with van der Waals surface area (Å²) in [4.78, 5) is 7.53. The molecule has 0 radical (unpaired) electrons. The molecule has 0 amide bonds. The largest absolute Gasteiger partial charge is 0.476 e. The summed E-state index contributed by atoms with van der Waals surface area (Å²) in [5.74, 6) is 0.543. The van der Waals surface area contributed by atoms with Crippen molar-refractivity contribution in [1.29, 1.82) is 0 Å². The lowest BCUT2D eigenvalue weighted by Crippen LogP contribution is -2.01. The molecule has 70 valence electrons. The summed E-state index contributed by atoms with van der Waals surface area (Å²) in [7, 11) is 0. The molecular formula is C8H10ClN3O. The Morgan fingerprint density at radius 2 is 2.38 bits per heavy atom. The molecule has 1 rings (SSSR count). The monoisotopic (exact) mass is 199 g/mol. The third kappa shape index (κ3) is 2.59. The van der Waals surface area contributed by atoms with Gasteiger partial charge in [0.25, 0.3) is 0 Å². The van der Waals surface area contributed by atoms with Crippen molar-refractivity contribution in [3.8, 4) is 5.88 Å². The van der Waals surface area contributed by atoms with Crippen LogP contribution in [0.4, 0.5) is 5.82 Å². The van der Waals surface area contributed by atoms with Crippen molar-refractivity contribution in [3.63, 3.8) is 0 Å². The normalized spacial score (nSPS) is 9.62. The first kappa shape index (κ1) is 9.80. The quantitative estimate of drug-likeness (QED) is 0.592. The van der Waals surface area contributed by atoms with Gasteiger partial charge < -0.3 is 10.5 Å². The minimum absolute atomic E-state index is 0.227. The van der Waals surface area contributed by atoms with Gasteiger partial charge in [-0.3, -0.25) is 0 Å². The average Bonchev–Trinajstić information content (AvgIpc) is 2.13. The SMILES string of the molecule is C=CCCOc1ncnc(N)c1Cl. The maximum absolute atomic E-state index is 5.77. The molecule has 1 heterocycles. The number of ether oxygens (including phenoxy) is 1. The molecule has 0 fully saturated rings. The third-order valence-electron chi connectivity index (χ3n) is 1.35. The molecule has 0 aromatic carbocycles. The number of nitrogens with zero attached hydrogens (tertiary/aromatic N) is 2. The Balaban J connectivity index is 2.65. The average molecular weight is 200 g/mol. The minimum atomic E-state index is 0.227. The van der Waals surface area contributed by atoms with E-state index in [4.69, 9.17) is 22.1 Å². The lowest BCUT2D eigenvalue weighted by atomic mass is 10.4. The molecular weight excluding hydrogens is 190 g/mol. The van der Waals surface area contributed by atoms with Gasteiger partial charge in [-0.2, -0.15) is 0 Å². The number of halogens is 1. The fourth-order valence-corrected chi connectivity index (χ4v) is 0.858. The summed E-state index contributed by atoms with van der Waals surface area (Å²) in [6, 6.07) is 0. The van der Waals surface area contributed by atoms with E-state index in [0.29, 0.717) is 12.5 Å². The van der Waals surface area contributed by atoms with Crippen LogP contribution < -0.4 is 10.5 Å². The second-order valence-electron chi connectivity index (χ2n) is 2.30. The summed E-state index contributed by atoms with van der Waals surface area (Å²) in [5, 5.41) is 0.256. The van der Waals surface area contributed by atoms with E-state index in [-0.39, 0.29) is 10.8 Å². The van der Waals surface area contributed by atoms with Crippen LogP contribution in [-0.4, -0.2) is 16.6 Å². The Kier molecular flexibility index (Phi) is 3.52. The lowest BCUT2D eigenvalue weighted by Gasteiger charge is -2.05. The van der Waals surface area contributed by atoms with Crippen LogP contribution in [-0.2, 0) is 0 Å². The first-order valence-electron chi connectivity index (χ1n) is 3.75. The summed E-state index contributed by atoms with van der Waals surface area (Å²) in [5.41, 5.74) is 5.44. The molecule has 0 spiro atoms. The van der Waals surface area contributed by atoms with Gasteiger partial charge in [0.2, 0.25) is 5.88 Å². The van der Waals surface area contributed by atoms with Crippen molar-refractivity contribution in [2.45, 2.75) is 6.42 Å². The highest BCUT2D eigenvalue weighted by atomic mass is 35.5. The second-order valence-corrected chi connectivity index (χ2v) is 2.68. The van der Waals surface area contributed by atoms with Crippen molar-refractivity contribution in [3.05, 3.63) is 24.0 Å². The zero-order valence-electron chi connectivity index (χ0n) is 7.03. The van der Waals surface area contributed by atoms with Crippen molar-refractivity contribution in [1.82, 2.24) is 9.97 Å². The zero-order valence-corrected chi connectivity index (χ0v) is 7.79. The van der Waals surface area contributed by atoms with Gasteiger partial charge in [0, 0.05) is 0 Å². The van der Waals surface area contributed by atoms with Crippen molar-refractivity contribution < 1.29 is 4.74 Å². The highest BCUT2D eigenvalue weighted by Gasteiger charge is 2.06. The van der Waals surface area contributed by atoms with Crippen molar-refractivity contribution in [2.75, 3.05) is 12.3 Å². The molecule has 0 saturated carbocycles. The van der Waals surface area contributed by atoms with Crippen LogP contribution in [0.1, 0.15) is 6.42 Å². The molecule has 13 heavy (non-hydrogen) atoms. The first-order valence-corrected chi connectivity index (χ1v) is 4.13. The standard InChI is InChI=1S/C8H10ClN3O/c1-2-3-4-13-8-6(9)7(10)11-5-12-8/h2,5H,1,3-4H2,(H2,10,11,12). The van der Waals surface area contributed by atoms with Gasteiger partial charge in [0.05, 0.1) is 6.61 Å². The van der Waals surface area contributed by atoms with Gasteiger partial charge in [0.15, 0.2) is 0 Å². The van der Waals surface area contributed by atoms with E-state index in [9.17, 15) is 0 Å². The molecule has 0 aliphatic carbocycles. The fourth-order valence-electron chi connectivity index (χ4n) is 0.706. The molecule has 0 aliphatic rings. The van der Waals surface area contributed by atoms with E-state index in [1.165, 1.54) is 6.33 Å². The first-order chi connectivity index (χ1) is 6.25. The number of hydrogen-bond donors (Lipinski definition) is 1. The molecule has 0 aliphatic heterocycles. The second kappa shape index (κ2) is 4.67. The molecule has 0 saturated heterocycles. The number of anilines is 1. The Hall–Kier alpha value is -1.29. The number of nitrogen functional groups attached to an aromatic ring is 1. The van der Waals surface area contributed by atoms with Crippen LogP contribution in [0, 0.1) is 0 Å². The van der Waals surface area contributed by atoms with Crippen LogP contribution in [0.5, 0.6) is 5.88 Å². The third-order valence-corrected chi connectivity index (χ3v) is 1.70. The summed E-state index contributed by atoms with van der Waals surface area (Å²) >= 11 is 5.77. The minimum Gasteiger partial charge on any atom is -0.476 e. The van der Waals surface area contributed by atoms with Gasteiger partial charge in [0.1, 0.15) is 17.2 Å². The molecule has 0 unspecified atom stereocenters. The van der Waals surface area contributed by atoms with Gasteiger partial charge in [-0.05, 0) is 6.42 Å². The summed E-state index contributed by atoms with van der Waals surface area (Å²) in [6.07, 6.45) is 3.79. The van der Waals surface area contributed by atoms with E-state index in [2.05, 4.69) is 16.5 Å². The predicted octanol–water partition coefficient (Wildman–Crippen LogP) is 1.67. The summed E-state index contributed by atoms with van der Waals surface area (Å²) < 4.78 is 5.22. The van der Waals surface area contributed by atoms with E-state index in [1.807, 2.05) is 0 Å². The van der Waals surface area contributed by atoms with E-state index >= 15 is 0 Å². The van der Waals surface area contributed by atoms with Gasteiger partial charge >= 0.3 is 0 Å². The maximum Gasteiger partial charge on any atom is 0.237 e. The molecule has 2 N–H and O–H groups in total. The topological polar surface area (TPSA) is 61.0 Å². The Morgan fingerprint density at radius 1 is 1.62 bits per heavy atom. The van der Waals surface area contributed by atoms with Gasteiger partial charge in [-0.25, -0.2) is 9.97 Å². The molecule has 0 atom stereocenters. The fraction of sp³-hybridized carbons (Fsp3) is 0.250. The van der Waals surface area contributed by atoms with Gasteiger partial charge in [-0.15, -0.1) is 6.58 Å². The smallest absolute Gasteiger partial charge is 0.237 e. The molecule has 0 bridgehead atoms. The Morgan fingerprint density at radius 3 is 3.08 bits per heavy atom. The van der Waals surface area contributed by atoms with Crippen LogP contribution in [0.25, 0.3) is 0 Å². The van der Waals surface area contributed by atoms with Crippen LogP contribution in [0.2, 0.25) is 5.02 Å². The molecule has 1 aromatic heterocycles. The predicted molar refractivity (Wildman–Crippen MR) is 51.8 cm³/mol. The highest BCUT2D eigenvalue weighted by Crippen LogP contribution is 2.25. The molecule has 4 nitrogen and oxygen atoms in total. The lowest BCUT2D eigenvalue weighted by molar-refractivity contribution is 0.312. The summed E-state index contributed by atoms with van der Waals surface area (Å²) in [6.45, 7) is 4.05. The Bertz CT molecular complexity index is 303. The van der Waals surface area contributed by atoms with Gasteiger partial charge in [-0.1, -0.05) is 17.7 Å². The molecule has 5 heteroatoms. The number of hydrogen-bond acceptors (Lipinski definition) is 4. The van der Waals surface area contributed by atoms with Crippen LogP contribution in [0.3, 0.4) is 0 Å². The van der Waals surface area contributed by atoms with Crippen molar-refractivity contribution in [2.24, 2.45) is 0 Å². The van der Waals surface area contributed by atoms with Crippen molar-refractivity contribution >= 4 is 17.4 Å². The number of nitrogens with two attached hydrogens (primary N) is 1. The van der Waals surface area contributed by atoms with Crippen LogP contribution >= 0.6 is 11.6 Å². The van der Waals surface area contributed by atoms with E-state index in [0.717, 1.165) is 6.42 Å².